The third kappa shape index (κ3) is 3.84. The maximum Gasteiger partial charge on any atom is 0.0950 e. The van der Waals surface area contributed by atoms with Crippen molar-refractivity contribution in [2.24, 2.45) is 5.73 Å². The minimum absolute atomic E-state index is 0.207. The highest BCUT2D eigenvalue weighted by Crippen LogP contribution is 2.23. The summed E-state index contributed by atoms with van der Waals surface area (Å²) in [5, 5.41) is 0. The number of methoxy groups -OCH3 is 1. The van der Waals surface area contributed by atoms with Crippen LogP contribution in [0.1, 0.15) is 31.9 Å². The standard InChI is InChI=1S/C13H24N2O2/c1-4-11(2)15(6-8-16-3)13(9-14)12-5-7-17-10-12/h5,7,10-11,13H,4,6,8-9,14H2,1-3H3. The number of nitrogens with zero attached hydrogens (tertiary/aromatic N) is 1. The van der Waals surface area contributed by atoms with Gasteiger partial charge >= 0.3 is 0 Å². The second kappa shape index (κ2) is 7.48. The summed E-state index contributed by atoms with van der Waals surface area (Å²) in [5.41, 5.74) is 7.05. The first-order valence-electron chi connectivity index (χ1n) is 6.21. The van der Waals surface area contributed by atoms with Crippen LogP contribution in [0, 0.1) is 0 Å². The monoisotopic (exact) mass is 240 g/mol. The molecule has 0 saturated carbocycles. The number of furan rings is 1. The molecule has 0 radical (unpaired) electrons. The summed E-state index contributed by atoms with van der Waals surface area (Å²) in [6.45, 7) is 6.61. The fraction of sp³-hybridized carbons (Fsp3) is 0.692. The van der Waals surface area contributed by atoms with Crippen LogP contribution in [0.25, 0.3) is 0 Å². The van der Waals surface area contributed by atoms with Crippen LogP contribution in [-0.4, -0.2) is 37.7 Å². The van der Waals surface area contributed by atoms with Crippen molar-refractivity contribution in [1.82, 2.24) is 4.90 Å². The molecular weight excluding hydrogens is 216 g/mol. The topological polar surface area (TPSA) is 51.6 Å². The van der Waals surface area contributed by atoms with Gasteiger partial charge in [-0.2, -0.15) is 0 Å². The molecule has 0 fully saturated rings. The van der Waals surface area contributed by atoms with Crippen LogP contribution in [0.5, 0.6) is 0 Å². The summed E-state index contributed by atoms with van der Waals surface area (Å²) in [4.78, 5) is 2.38. The number of hydrogen-bond donors (Lipinski definition) is 1. The molecule has 17 heavy (non-hydrogen) atoms. The van der Waals surface area contributed by atoms with Crippen molar-refractivity contribution >= 4 is 0 Å². The maximum atomic E-state index is 5.90. The molecule has 0 amide bonds. The van der Waals surface area contributed by atoms with Gasteiger partial charge in [-0.3, -0.25) is 4.90 Å². The zero-order valence-electron chi connectivity index (χ0n) is 11.1. The van der Waals surface area contributed by atoms with Gasteiger partial charge in [-0.15, -0.1) is 0 Å². The van der Waals surface area contributed by atoms with Crippen molar-refractivity contribution in [2.45, 2.75) is 32.4 Å². The lowest BCUT2D eigenvalue weighted by atomic mass is 10.1. The smallest absolute Gasteiger partial charge is 0.0950 e. The van der Waals surface area contributed by atoms with Crippen molar-refractivity contribution in [2.75, 3.05) is 26.8 Å². The second-order valence-corrected chi connectivity index (χ2v) is 4.30. The van der Waals surface area contributed by atoms with Crippen molar-refractivity contribution in [3.05, 3.63) is 24.2 Å². The van der Waals surface area contributed by atoms with E-state index in [2.05, 4.69) is 18.7 Å². The molecule has 0 aliphatic rings. The maximum absolute atomic E-state index is 5.90. The van der Waals surface area contributed by atoms with Gasteiger partial charge in [0.2, 0.25) is 0 Å². The quantitative estimate of drug-likeness (QED) is 0.755. The largest absolute Gasteiger partial charge is 0.472 e. The van der Waals surface area contributed by atoms with Gasteiger partial charge in [-0.25, -0.2) is 0 Å². The normalized spacial score (nSPS) is 15.1. The number of nitrogens with two attached hydrogens (primary N) is 1. The van der Waals surface area contributed by atoms with Gasteiger partial charge in [-0.1, -0.05) is 6.92 Å². The molecule has 2 atom stereocenters. The van der Waals surface area contributed by atoms with Crippen LogP contribution in [0.15, 0.2) is 23.0 Å². The van der Waals surface area contributed by atoms with Crippen LogP contribution < -0.4 is 5.73 Å². The molecule has 2 N–H and O–H groups in total. The van der Waals surface area contributed by atoms with Crippen LogP contribution in [0.4, 0.5) is 0 Å². The molecule has 0 bridgehead atoms. The molecule has 1 aromatic rings. The summed E-state index contributed by atoms with van der Waals surface area (Å²) < 4.78 is 10.3. The molecule has 98 valence electrons. The first-order chi connectivity index (χ1) is 8.24. The highest BCUT2D eigenvalue weighted by atomic mass is 16.5. The van der Waals surface area contributed by atoms with Crippen LogP contribution in [-0.2, 0) is 4.74 Å². The lowest BCUT2D eigenvalue weighted by Gasteiger charge is -2.35. The summed E-state index contributed by atoms with van der Waals surface area (Å²) in [5.74, 6) is 0. The van der Waals surface area contributed by atoms with E-state index in [0.717, 1.165) is 25.1 Å². The van der Waals surface area contributed by atoms with E-state index in [1.807, 2.05) is 6.07 Å². The number of ether oxygens (including phenoxy) is 1. The lowest BCUT2D eigenvalue weighted by Crippen LogP contribution is -2.41. The molecule has 0 aliphatic carbocycles. The third-order valence-electron chi connectivity index (χ3n) is 3.26. The summed E-state index contributed by atoms with van der Waals surface area (Å²) >= 11 is 0. The van der Waals surface area contributed by atoms with Gasteiger partial charge in [0, 0.05) is 31.8 Å². The van der Waals surface area contributed by atoms with Gasteiger partial charge in [0.1, 0.15) is 0 Å². The van der Waals surface area contributed by atoms with E-state index in [9.17, 15) is 0 Å². The van der Waals surface area contributed by atoms with E-state index in [0.29, 0.717) is 12.6 Å². The van der Waals surface area contributed by atoms with Crippen molar-refractivity contribution in [3.63, 3.8) is 0 Å². The lowest BCUT2D eigenvalue weighted by molar-refractivity contribution is 0.0900. The van der Waals surface area contributed by atoms with Gasteiger partial charge in [-0.05, 0) is 19.4 Å². The molecule has 0 spiro atoms. The van der Waals surface area contributed by atoms with Crippen molar-refractivity contribution < 1.29 is 9.15 Å². The second-order valence-electron chi connectivity index (χ2n) is 4.30. The first kappa shape index (κ1) is 14.2. The average Bonchev–Trinajstić information content (AvgIpc) is 2.87. The summed E-state index contributed by atoms with van der Waals surface area (Å²) in [6.07, 6.45) is 4.57. The highest BCUT2D eigenvalue weighted by Gasteiger charge is 2.23. The molecule has 0 aromatic carbocycles. The Hall–Kier alpha value is -0.840. The molecule has 4 heteroatoms. The van der Waals surface area contributed by atoms with Gasteiger partial charge < -0.3 is 14.9 Å². The van der Waals surface area contributed by atoms with Gasteiger partial charge in [0.15, 0.2) is 0 Å². The van der Waals surface area contributed by atoms with E-state index in [1.54, 1.807) is 19.6 Å². The Bertz CT molecular complexity index is 288. The fourth-order valence-electron chi connectivity index (χ4n) is 2.04. The molecule has 2 unspecified atom stereocenters. The number of hydrogen-bond acceptors (Lipinski definition) is 4. The van der Waals surface area contributed by atoms with Crippen LogP contribution >= 0.6 is 0 Å². The van der Waals surface area contributed by atoms with E-state index >= 15 is 0 Å². The fourth-order valence-corrected chi connectivity index (χ4v) is 2.04. The molecular formula is C13H24N2O2. The Labute approximate surface area is 104 Å². The summed E-state index contributed by atoms with van der Waals surface area (Å²) in [7, 11) is 1.73. The minimum Gasteiger partial charge on any atom is -0.472 e. The zero-order chi connectivity index (χ0) is 12.7. The van der Waals surface area contributed by atoms with E-state index in [-0.39, 0.29) is 6.04 Å². The van der Waals surface area contributed by atoms with E-state index in [4.69, 9.17) is 14.9 Å². The highest BCUT2D eigenvalue weighted by molar-refractivity contribution is 5.12. The first-order valence-corrected chi connectivity index (χ1v) is 6.21. The van der Waals surface area contributed by atoms with E-state index in [1.165, 1.54) is 0 Å². The molecule has 1 aromatic heterocycles. The molecule has 1 rings (SSSR count). The Kier molecular flexibility index (Phi) is 6.26. The zero-order valence-corrected chi connectivity index (χ0v) is 11.1. The average molecular weight is 240 g/mol. The van der Waals surface area contributed by atoms with Gasteiger partial charge in [0.05, 0.1) is 25.2 Å². The Morgan fingerprint density at radius 2 is 2.29 bits per heavy atom. The predicted molar refractivity (Wildman–Crippen MR) is 68.8 cm³/mol. The Balaban J connectivity index is 2.78. The summed E-state index contributed by atoms with van der Waals surface area (Å²) in [6, 6.07) is 2.67. The Morgan fingerprint density at radius 3 is 2.76 bits per heavy atom. The SMILES string of the molecule is CCC(C)N(CCOC)C(CN)c1ccoc1. The predicted octanol–water partition coefficient (Wildman–Crippen LogP) is 2.03. The van der Waals surface area contributed by atoms with Crippen LogP contribution in [0.2, 0.25) is 0 Å². The van der Waals surface area contributed by atoms with Crippen molar-refractivity contribution in [1.29, 1.82) is 0 Å². The number of rotatable bonds is 8. The van der Waals surface area contributed by atoms with Gasteiger partial charge in [0.25, 0.3) is 0 Å². The van der Waals surface area contributed by atoms with E-state index < -0.39 is 0 Å². The molecule has 1 heterocycles. The Morgan fingerprint density at radius 1 is 1.53 bits per heavy atom. The van der Waals surface area contributed by atoms with Crippen LogP contribution in [0.3, 0.4) is 0 Å². The third-order valence-corrected chi connectivity index (χ3v) is 3.26. The molecule has 0 aliphatic heterocycles. The minimum atomic E-state index is 0.207. The molecule has 4 nitrogen and oxygen atoms in total. The molecule has 0 saturated heterocycles. The van der Waals surface area contributed by atoms with Crippen molar-refractivity contribution in [3.8, 4) is 0 Å².